The van der Waals surface area contributed by atoms with Crippen LogP contribution in [0.15, 0.2) is 65.1 Å². The van der Waals surface area contributed by atoms with Crippen molar-refractivity contribution in [3.63, 3.8) is 0 Å². The minimum Gasteiger partial charge on any atom is -0.461 e. The predicted molar refractivity (Wildman–Crippen MR) is 91.2 cm³/mol. The van der Waals surface area contributed by atoms with Gasteiger partial charge in [0, 0.05) is 12.1 Å². The van der Waals surface area contributed by atoms with Gasteiger partial charge in [-0.25, -0.2) is 0 Å². The highest BCUT2D eigenvalue weighted by Crippen LogP contribution is 2.25. The van der Waals surface area contributed by atoms with E-state index in [9.17, 15) is 4.79 Å². The lowest BCUT2D eigenvalue weighted by Gasteiger charge is -2.04. The number of aryl methyl sites for hydroxylation is 2. The van der Waals surface area contributed by atoms with Gasteiger partial charge in [0.15, 0.2) is 0 Å². The molecule has 0 spiro atoms. The van der Waals surface area contributed by atoms with E-state index in [1.165, 1.54) is 5.56 Å². The Morgan fingerprint density at radius 3 is 2.39 bits per heavy atom. The highest BCUT2D eigenvalue weighted by atomic mass is 16.3. The molecule has 0 aliphatic carbocycles. The van der Waals surface area contributed by atoms with Crippen molar-refractivity contribution >= 4 is 5.91 Å². The third kappa shape index (κ3) is 3.51. The fourth-order valence-corrected chi connectivity index (χ4v) is 2.44. The number of amides is 1. The van der Waals surface area contributed by atoms with E-state index in [0.717, 1.165) is 11.1 Å². The number of hydrogen-bond donors (Lipinski definition) is 1. The molecule has 0 bridgehead atoms. The Balaban J connectivity index is 1.72. The predicted octanol–water partition coefficient (Wildman–Crippen LogP) is 4.49. The zero-order valence-corrected chi connectivity index (χ0v) is 13.3. The number of benzene rings is 2. The molecule has 0 saturated heterocycles. The smallest absolute Gasteiger partial charge is 0.255 e. The Bertz CT molecular complexity index is 801. The van der Waals surface area contributed by atoms with Gasteiger partial charge < -0.3 is 9.73 Å². The number of hydrogen-bond acceptors (Lipinski definition) is 2. The van der Waals surface area contributed by atoms with E-state index >= 15 is 0 Å². The van der Waals surface area contributed by atoms with Crippen LogP contribution in [0.1, 0.15) is 27.2 Å². The normalized spacial score (nSPS) is 10.5. The fraction of sp³-hybridized carbons (Fsp3) is 0.150. The second-order valence-electron chi connectivity index (χ2n) is 5.61. The molecule has 3 nitrogen and oxygen atoms in total. The molecule has 0 aliphatic rings. The maximum Gasteiger partial charge on any atom is 0.255 e. The van der Waals surface area contributed by atoms with E-state index in [1.54, 1.807) is 6.07 Å². The molecule has 0 fully saturated rings. The van der Waals surface area contributed by atoms with Gasteiger partial charge in [0.1, 0.15) is 11.5 Å². The van der Waals surface area contributed by atoms with E-state index in [0.29, 0.717) is 23.6 Å². The molecule has 0 atom stereocenters. The largest absolute Gasteiger partial charge is 0.461 e. The molecule has 0 saturated carbocycles. The summed E-state index contributed by atoms with van der Waals surface area (Å²) in [5.74, 6) is 1.22. The molecule has 0 radical (unpaired) electrons. The lowest BCUT2D eigenvalue weighted by atomic mass is 10.1. The molecule has 1 N–H and O–H groups in total. The van der Waals surface area contributed by atoms with E-state index in [1.807, 2.05) is 68.4 Å². The molecule has 1 heterocycles. The summed E-state index contributed by atoms with van der Waals surface area (Å²) in [4.78, 5) is 12.4. The van der Waals surface area contributed by atoms with Crippen LogP contribution in [0.25, 0.3) is 11.3 Å². The van der Waals surface area contributed by atoms with Gasteiger partial charge in [-0.05, 0) is 25.5 Å². The quantitative estimate of drug-likeness (QED) is 0.771. The van der Waals surface area contributed by atoms with Crippen LogP contribution in [0.4, 0.5) is 0 Å². The van der Waals surface area contributed by atoms with Crippen LogP contribution in [-0.2, 0) is 6.54 Å². The average molecular weight is 305 g/mol. The molecule has 116 valence electrons. The Morgan fingerprint density at radius 1 is 1.00 bits per heavy atom. The van der Waals surface area contributed by atoms with Crippen molar-refractivity contribution in [3.8, 4) is 11.3 Å². The highest BCUT2D eigenvalue weighted by molar-refractivity contribution is 5.96. The van der Waals surface area contributed by atoms with Gasteiger partial charge in [-0.2, -0.15) is 0 Å². The molecule has 0 unspecified atom stereocenters. The van der Waals surface area contributed by atoms with Gasteiger partial charge in [-0.15, -0.1) is 0 Å². The molecule has 0 aliphatic heterocycles. The standard InChI is InChI=1S/C20H19NO2/c1-14-8-10-16(11-9-14)13-21-20(22)18-12-19(23-15(18)2)17-6-4-3-5-7-17/h3-12H,13H2,1-2H3,(H,21,22). The topological polar surface area (TPSA) is 42.2 Å². The Morgan fingerprint density at radius 2 is 1.70 bits per heavy atom. The van der Waals surface area contributed by atoms with Crippen molar-refractivity contribution in [2.75, 3.05) is 0 Å². The van der Waals surface area contributed by atoms with Crippen molar-refractivity contribution in [1.82, 2.24) is 5.32 Å². The average Bonchev–Trinajstić information content (AvgIpc) is 2.97. The number of rotatable bonds is 4. The van der Waals surface area contributed by atoms with Gasteiger partial charge in [-0.1, -0.05) is 60.2 Å². The number of carbonyl (C=O) groups is 1. The number of nitrogens with one attached hydrogen (secondary N) is 1. The van der Waals surface area contributed by atoms with Crippen molar-refractivity contribution < 1.29 is 9.21 Å². The van der Waals surface area contributed by atoms with E-state index in [-0.39, 0.29) is 5.91 Å². The molecule has 2 aromatic carbocycles. The molecule has 1 amide bonds. The van der Waals surface area contributed by atoms with E-state index in [4.69, 9.17) is 4.42 Å². The lowest BCUT2D eigenvalue weighted by molar-refractivity contribution is 0.0949. The first kappa shape index (κ1) is 15.1. The summed E-state index contributed by atoms with van der Waals surface area (Å²) in [6, 6.07) is 19.7. The summed E-state index contributed by atoms with van der Waals surface area (Å²) in [6.07, 6.45) is 0. The van der Waals surface area contributed by atoms with Gasteiger partial charge >= 0.3 is 0 Å². The van der Waals surface area contributed by atoms with Crippen LogP contribution in [-0.4, -0.2) is 5.91 Å². The van der Waals surface area contributed by atoms with Gasteiger partial charge in [-0.3, -0.25) is 4.79 Å². The second-order valence-corrected chi connectivity index (χ2v) is 5.61. The van der Waals surface area contributed by atoms with Crippen LogP contribution >= 0.6 is 0 Å². The zero-order valence-electron chi connectivity index (χ0n) is 13.3. The Hall–Kier alpha value is -2.81. The molecular formula is C20H19NO2. The lowest BCUT2D eigenvalue weighted by Crippen LogP contribution is -2.22. The van der Waals surface area contributed by atoms with Crippen LogP contribution in [0.2, 0.25) is 0 Å². The second kappa shape index (κ2) is 6.53. The van der Waals surface area contributed by atoms with Crippen molar-refractivity contribution in [3.05, 3.63) is 83.1 Å². The summed E-state index contributed by atoms with van der Waals surface area (Å²) < 4.78 is 5.73. The van der Waals surface area contributed by atoms with Crippen LogP contribution in [0.5, 0.6) is 0 Å². The molecule has 3 aromatic rings. The Labute approximate surface area is 136 Å². The summed E-state index contributed by atoms with van der Waals surface area (Å²) in [5.41, 5.74) is 3.83. The van der Waals surface area contributed by atoms with Crippen molar-refractivity contribution in [1.29, 1.82) is 0 Å². The maximum absolute atomic E-state index is 12.4. The van der Waals surface area contributed by atoms with E-state index in [2.05, 4.69) is 5.32 Å². The summed E-state index contributed by atoms with van der Waals surface area (Å²) in [7, 11) is 0. The van der Waals surface area contributed by atoms with Gasteiger partial charge in [0.25, 0.3) is 5.91 Å². The van der Waals surface area contributed by atoms with E-state index < -0.39 is 0 Å². The zero-order chi connectivity index (χ0) is 16.2. The molecular weight excluding hydrogens is 286 g/mol. The molecule has 3 rings (SSSR count). The monoisotopic (exact) mass is 305 g/mol. The number of furan rings is 1. The highest BCUT2D eigenvalue weighted by Gasteiger charge is 2.15. The molecule has 1 aromatic heterocycles. The van der Waals surface area contributed by atoms with Crippen molar-refractivity contribution in [2.45, 2.75) is 20.4 Å². The fourth-order valence-electron chi connectivity index (χ4n) is 2.44. The minimum atomic E-state index is -0.117. The molecule has 3 heteroatoms. The van der Waals surface area contributed by atoms with Crippen molar-refractivity contribution in [2.24, 2.45) is 0 Å². The molecule has 23 heavy (non-hydrogen) atoms. The summed E-state index contributed by atoms with van der Waals surface area (Å²) >= 11 is 0. The first-order valence-electron chi connectivity index (χ1n) is 7.63. The third-order valence-corrected chi connectivity index (χ3v) is 3.79. The Kier molecular flexibility index (Phi) is 4.29. The first-order chi connectivity index (χ1) is 11.1. The van der Waals surface area contributed by atoms with Crippen LogP contribution < -0.4 is 5.32 Å². The summed E-state index contributed by atoms with van der Waals surface area (Å²) in [5, 5.41) is 2.94. The summed E-state index contributed by atoms with van der Waals surface area (Å²) in [6.45, 7) is 4.36. The van der Waals surface area contributed by atoms with Crippen LogP contribution in [0.3, 0.4) is 0 Å². The maximum atomic E-state index is 12.4. The minimum absolute atomic E-state index is 0.117. The first-order valence-corrected chi connectivity index (χ1v) is 7.63. The van der Waals surface area contributed by atoms with Crippen LogP contribution in [0, 0.1) is 13.8 Å². The number of carbonyl (C=O) groups excluding carboxylic acids is 1. The van der Waals surface area contributed by atoms with Gasteiger partial charge in [0.2, 0.25) is 0 Å². The SMILES string of the molecule is Cc1ccc(CNC(=O)c2cc(-c3ccccc3)oc2C)cc1. The third-order valence-electron chi connectivity index (χ3n) is 3.79. The van der Waals surface area contributed by atoms with Gasteiger partial charge in [0.05, 0.1) is 5.56 Å².